The number of sulfonamides is 1. The fraction of sp³-hybridized carbons (Fsp3) is 0.300. The van der Waals surface area contributed by atoms with Crippen LogP contribution in [0, 0.1) is 0 Å². The lowest BCUT2D eigenvalue weighted by Crippen LogP contribution is -2.19. The Balaban J connectivity index is 1.86. The van der Waals surface area contributed by atoms with Crippen molar-refractivity contribution in [2.75, 3.05) is 21.1 Å². The van der Waals surface area contributed by atoms with Crippen LogP contribution in [0.4, 0.5) is 36.4 Å². The van der Waals surface area contributed by atoms with E-state index in [2.05, 4.69) is 35.3 Å². The van der Waals surface area contributed by atoms with Gasteiger partial charge in [-0.3, -0.25) is 9.71 Å². The van der Waals surface area contributed by atoms with Crippen LogP contribution in [0.3, 0.4) is 0 Å². The first kappa shape index (κ1) is 25.1. The summed E-state index contributed by atoms with van der Waals surface area (Å²) in [5, 5.41) is 5.41. The Morgan fingerprint density at radius 1 is 1.06 bits per heavy atom. The number of nitrogens with zero attached hydrogens (tertiary/aromatic N) is 4. The lowest BCUT2D eigenvalue weighted by molar-refractivity contribution is -0.137. The number of hydrogen-bond donors (Lipinski definition) is 4. The van der Waals surface area contributed by atoms with Crippen molar-refractivity contribution in [3.63, 3.8) is 0 Å². The van der Waals surface area contributed by atoms with Crippen molar-refractivity contribution in [1.82, 2.24) is 19.9 Å². The molecule has 3 rings (SSSR count). The van der Waals surface area contributed by atoms with Crippen molar-refractivity contribution in [2.45, 2.75) is 32.6 Å². The minimum absolute atomic E-state index is 0.0740. The fourth-order valence-corrected chi connectivity index (χ4v) is 3.36. The van der Waals surface area contributed by atoms with Crippen LogP contribution < -0.4 is 21.1 Å². The average Bonchev–Trinajstić information content (AvgIpc) is 2.78. The zero-order chi connectivity index (χ0) is 24.9. The van der Waals surface area contributed by atoms with Gasteiger partial charge in [0.15, 0.2) is 5.82 Å². The summed E-state index contributed by atoms with van der Waals surface area (Å²) in [6.45, 7) is 2.99. The number of alkyl halides is 3. The monoisotopic (exact) mass is 496 g/mol. The van der Waals surface area contributed by atoms with Gasteiger partial charge in [-0.25, -0.2) is 18.4 Å². The van der Waals surface area contributed by atoms with Crippen LogP contribution in [0.5, 0.6) is 0 Å². The topological polar surface area (TPSA) is 148 Å². The zero-order valence-corrected chi connectivity index (χ0v) is 19.1. The second kappa shape index (κ2) is 10.2. The van der Waals surface area contributed by atoms with Gasteiger partial charge in [-0.1, -0.05) is 12.1 Å². The zero-order valence-electron chi connectivity index (χ0n) is 18.3. The summed E-state index contributed by atoms with van der Waals surface area (Å²) < 4.78 is 66.6. The van der Waals surface area contributed by atoms with Crippen LogP contribution in [-0.2, 0) is 22.7 Å². The summed E-state index contributed by atoms with van der Waals surface area (Å²) in [6.07, 6.45) is -1.51. The molecule has 5 N–H and O–H groups in total. The lowest BCUT2D eigenvalue weighted by Gasteiger charge is -2.16. The number of nitrogens with two attached hydrogens (primary N) is 1. The lowest BCUT2D eigenvalue weighted by atomic mass is 10.1. The minimum Gasteiger partial charge on any atom is -0.364 e. The highest BCUT2D eigenvalue weighted by atomic mass is 32.2. The molecule has 10 nitrogen and oxygen atoms in total. The molecule has 0 radical (unpaired) electrons. The maximum absolute atomic E-state index is 13.5. The molecular weight excluding hydrogens is 473 g/mol. The number of halogens is 3. The molecule has 14 heteroatoms. The van der Waals surface area contributed by atoms with Crippen molar-refractivity contribution < 1.29 is 21.6 Å². The highest BCUT2D eigenvalue weighted by Gasteiger charge is 2.35. The molecule has 1 unspecified atom stereocenters. The number of anilines is 4. The highest BCUT2D eigenvalue weighted by Crippen LogP contribution is 2.34. The standard InChI is InChI=1S/C20H23F3N8O2S/c1-3-34(32,33)31-18-16(25-8-9-26-18)11-27-17-15(20(21,22)23)10-28-19(30-17)29-14-6-4-13(5-7-14)12(2)24/h4-10,12H,3,11,24H2,1-2H3,(H,26,31)(H2,27,28,29,30). The molecule has 0 spiro atoms. The summed E-state index contributed by atoms with van der Waals surface area (Å²) in [5.41, 5.74) is 6.26. The Morgan fingerprint density at radius 2 is 1.74 bits per heavy atom. The van der Waals surface area contributed by atoms with E-state index >= 15 is 0 Å². The van der Waals surface area contributed by atoms with Crippen LogP contribution in [-0.4, -0.2) is 34.1 Å². The van der Waals surface area contributed by atoms with Gasteiger partial charge in [0, 0.05) is 30.3 Å². The summed E-state index contributed by atoms with van der Waals surface area (Å²) >= 11 is 0. The molecule has 0 aliphatic carbocycles. The van der Waals surface area contributed by atoms with Crippen LogP contribution in [0.25, 0.3) is 0 Å². The third-order valence-electron chi connectivity index (χ3n) is 4.62. The Kier molecular flexibility index (Phi) is 7.51. The second-order valence-corrected chi connectivity index (χ2v) is 9.21. The van der Waals surface area contributed by atoms with Crippen molar-refractivity contribution in [3.8, 4) is 0 Å². The van der Waals surface area contributed by atoms with Gasteiger partial charge in [0.1, 0.15) is 17.1 Å². The number of benzene rings is 1. The quantitative estimate of drug-likeness (QED) is 0.350. The van der Waals surface area contributed by atoms with E-state index in [0.29, 0.717) is 11.9 Å². The molecule has 0 saturated heterocycles. The van der Waals surface area contributed by atoms with Crippen molar-refractivity contribution in [2.24, 2.45) is 5.73 Å². The molecule has 2 aromatic heterocycles. The maximum Gasteiger partial charge on any atom is 0.421 e. The SMILES string of the molecule is CCS(=O)(=O)Nc1nccnc1CNc1nc(Nc2ccc(C(C)N)cc2)ncc1C(F)(F)F. The molecule has 2 heterocycles. The molecule has 1 aromatic carbocycles. The van der Waals surface area contributed by atoms with Crippen LogP contribution in [0.15, 0.2) is 42.9 Å². The predicted octanol–water partition coefficient (Wildman–Crippen LogP) is 3.42. The summed E-state index contributed by atoms with van der Waals surface area (Å²) in [4.78, 5) is 15.7. The van der Waals surface area contributed by atoms with E-state index in [1.165, 1.54) is 19.3 Å². The first-order chi connectivity index (χ1) is 16.0. The number of aromatic nitrogens is 4. The number of hydrogen-bond acceptors (Lipinski definition) is 9. The van der Waals surface area contributed by atoms with Gasteiger partial charge in [0.05, 0.1) is 12.3 Å². The molecular formula is C20H23F3N8O2S. The van der Waals surface area contributed by atoms with Crippen molar-refractivity contribution in [1.29, 1.82) is 0 Å². The van der Waals surface area contributed by atoms with Gasteiger partial charge in [-0.05, 0) is 31.5 Å². The minimum atomic E-state index is -4.73. The van der Waals surface area contributed by atoms with Crippen LogP contribution in [0.1, 0.15) is 36.7 Å². The Labute approximate surface area is 194 Å². The highest BCUT2D eigenvalue weighted by molar-refractivity contribution is 7.92. The molecule has 34 heavy (non-hydrogen) atoms. The van der Waals surface area contributed by atoms with Gasteiger partial charge >= 0.3 is 6.18 Å². The average molecular weight is 497 g/mol. The van der Waals surface area contributed by atoms with Crippen LogP contribution >= 0.6 is 0 Å². The van der Waals surface area contributed by atoms with E-state index in [4.69, 9.17) is 5.73 Å². The third-order valence-corrected chi connectivity index (χ3v) is 5.88. The number of rotatable bonds is 9. The van der Waals surface area contributed by atoms with Crippen molar-refractivity contribution >= 4 is 33.3 Å². The summed E-state index contributed by atoms with van der Waals surface area (Å²) in [7, 11) is -3.66. The molecule has 3 aromatic rings. The van der Waals surface area contributed by atoms with Gasteiger partial charge in [-0.2, -0.15) is 18.2 Å². The van der Waals surface area contributed by atoms with Gasteiger partial charge in [0.2, 0.25) is 16.0 Å². The van der Waals surface area contributed by atoms with E-state index < -0.39 is 27.6 Å². The molecule has 0 aliphatic heterocycles. The fourth-order valence-electron chi connectivity index (χ4n) is 2.75. The van der Waals surface area contributed by atoms with E-state index in [1.807, 2.05) is 6.92 Å². The molecule has 0 saturated carbocycles. The van der Waals surface area contributed by atoms with E-state index in [1.54, 1.807) is 24.3 Å². The molecule has 0 aliphatic rings. The molecule has 0 amide bonds. The molecule has 182 valence electrons. The Morgan fingerprint density at radius 3 is 2.35 bits per heavy atom. The second-order valence-electron chi connectivity index (χ2n) is 7.20. The molecule has 0 bridgehead atoms. The van der Waals surface area contributed by atoms with Gasteiger partial charge in [-0.15, -0.1) is 0 Å². The first-order valence-electron chi connectivity index (χ1n) is 10.1. The Bertz CT molecular complexity index is 1240. The van der Waals surface area contributed by atoms with E-state index in [-0.39, 0.29) is 35.8 Å². The molecule has 1 atom stereocenters. The van der Waals surface area contributed by atoms with E-state index in [0.717, 1.165) is 5.56 Å². The van der Waals surface area contributed by atoms with Crippen LogP contribution in [0.2, 0.25) is 0 Å². The summed E-state index contributed by atoms with van der Waals surface area (Å²) in [5.74, 6) is -0.880. The van der Waals surface area contributed by atoms with Crippen molar-refractivity contribution in [3.05, 3.63) is 59.7 Å². The first-order valence-corrected chi connectivity index (χ1v) is 11.7. The maximum atomic E-state index is 13.5. The van der Waals surface area contributed by atoms with Gasteiger partial charge < -0.3 is 16.4 Å². The Hall–Kier alpha value is -3.52. The van der Waals surface area contributed by atoms with E-state index in [9.17, 15) is 21.6 Å². The largest absolute Gasteiger partial charge is 0.421 e. The van der Waals surface area contributed by atoms with Gasteiger partial charge in [0.25, 0.3) is 0 Å². The number of nitrogens with one attached hydrogen (secondary N) is 3. The summed E-state index contributed by atoms with van der Waals surface area (Å²) in [6, 6.07) is 6.81. The molecule has 0 fully saturated rings. The smallest absolute Gasteiger partial charge is 0.364 e. The predicted molar refractivity (Wildman–Crippen MR) is 122 cm³/mol. The third kappa shape index (κ3) is 6.51. The normalized spacial score (nSPS) is 12.8.